The molecule has 2 aliphatic rings. The zero-order valence-electron chi connectivity index (χ0n) is 21.4. The van der Waals surface area contributed by atoms with Gasteiger partial charge in [0.25, 0.3) is 0 Å². The molecule has 1 unspecified atom stereocenters. The number of allylic oxidation sites excluding steroid dienone is 1. The molecular formula is C30H36N2O4. The van der Waals surface area contributed by atoms with Gasteiger partial charge in [0.2, 0.25) is 5.91 Å². The van der Waals surface area contributed by atoms with E-state index in [2.05, 4.69) is 41.7 Å². The molecule has 2 N–H and O–H groups in total. The Balaban J connectivity index is 1.60. The van der Waals surface area contributed by atoms with Gasteiger partial charge in [0.05, 0.1) is 12.6 Å². The van der Waals surface area contributed by atoms with Crippen molar-refractivity contribution < 1.29 is 19.4 Å². The fourth-order valence-corrected chi connectivity index (χ4v) is 4.86. The fraction of sp³-hybridized carbons (Fsp3) is 0.400. The molecule has 0 bridgehead atoms. The topological polar surface area (TPSA) is 78.9 Å². The molecule has 1 aliphatic carbocycles. The zero-order valence-corrected chi connectivity index (χ0v) is 21.4. The highest BCUT2D eigenvalue weighted by molar-refractivity contribution is 5.96. The number of amides is 2. The number of likely N-dealkylation sites (tertiary alicyclic amines) is 1. The van der Waals surface area contributed by atoms with Crippen molar-refractivity contribution in [3.8, 4) is 0 Å². The van der Waals surface area contributed by atoms with E-state index in [0.717, 1.165) is 52.8 Å². The molecule has 0 spiro atoms. The van der Waals surface area contributed by atoms with Crippen LogP contribution in [0.4, 0.5) is 4.79 Å². The molecule has 1 fully saturated rings. The standard InChI is InChI=1S/C30H36N2O4/c1-30(2,3)36-29(35)31-23(20-33)17-18-27(34)32-19-9-8-14-26(32)28-24-12-6-4-10-21(24)15-16-22-11-5-7-13-25(22)28/h4-7,10-13,15-16,23,33H,8-9,14,17-20H2,1-3H3,(H,31,35). The van der Waals surface area contributed by atoms with Crippen LogP contribution in [-0.4, -0.2) is 46.8 Å². The van der Waals surface area contributed by atoms with Crippen molar-refractivity contribution in [1.29, 1.82) is 0 Å². The number of nitrogens with one attached hydrogen (secondary N) is 1. The van der Waals surface area contributed by atoms with Crippen LogP contribution in [0.2, 0.25) is 0 Å². The number of carbonyl (C=O) groups is 2. The zero-order chi connectivity index (χ0) is 25.7. The maximum absolute atomic E-state index is 13.5. The van der Waals surface area contributed by atoms with E-state index in [9.17, 15) is 14.7 Å². The van der Waals surface area contributed by atoms with E-state index in [0.29, 0.717) is 13.0 Å². The summed E-state index contributed by atoms with van der Waals surface area (Å²) in [6.45, 7) is 5.77. The van der Waals surface area contributed by atoms with Crippen LogP contribution in [-0.2, 0) is 9.53 Å². The normalized spacial score (nSPS) is 16.1. The molecule has 6 nitrogen and oxygen atoms in total. The van der Waals surface area contributed by atoms with Crippen molar-refractivity contribution >= 4 is 29.7 Å². The molecule has 4 rings (SSSR count). The predicted octanol–water partition coefficient (Wildman–Crippen LogP) is 5.61. The Morgan fingerprint density at radius 3 is 2.19 bits per heavy atom. The van der Waals surface area contributed by atoms with Crippen LogP contribution in [0, 0.1) is 0 Å². The molecule has 1 aliphatic heterocycles. The molecule has 2 amide bonds. The lowest BCUT2D eigenvalue weighted by Crippen LogP contribution is -2.42. The summed E-state index contributed by atoms with van der Waals surface area (Å²) in [4.78, 5) is 27.6. The Morgan fingerprint density at radius 2 is 1.61 bits per heavy atom. The molecule has 2 aromatic carbocycles. The number of alkyl carbamates (subject to hydrolysis) is 1. The van der Waals surface area contributed by atoms with Gasteiger partial charge in [0.1, 0.15) is 5.60 Å². The van der Waals surface area contributed by atoms with E-state index in [1.807, 2.05) is 29.2 Å². The summed E-state index contributed by atoms with van der Waals surface area (Å²) < 4.78 is 5.30. The summed E-state index contributed by atoms with van der Waals surface area (Å²) in [6, 6.07) is 16.1. The molecule has 1 heterocycles. The smallest absolute Gasteiger partial charge is 0.407 e. The van der Waals surface area contributed by atoms with Crippen molar-refractivity contribution in [2.24, 2.45) is 0 Å². The van der Waals surface area contributed by atoms with Crippen molar-refractivity contribution in [3.05, 3.63) is 76.5 Å². The fourth-order valence-electron chi connectivity index (χ4n) is 4.86. The van der Waals surface area contributed by atoms with Crippen LogP contribution in [0.25, 0.3) is 17.7 Å². The first-order chi connectivity index (χ1) is 17.3. The number of piperidine rings is 1. The van der Waals surface area contributed by atoms with Gasteiger partial charge in [-0.15, -0.1) is 0 Å². The monoisotopic (exact) mass is 488 g/mol. The Morgan fingerprint density at radius 1 is 1.00 bits per heavy atom. The third-order valence-corrected chi connectivity index (χ3v) is 6.51. The molecule has 36 heavy (non-hydrogen) atoms. The first-order valence-electron chi connectivity index (χ1n) is 12.8. The van der Waals surface area contributed by atoms with E-state index in [4.69, 9.17) is 4.74 Å². The predicted molar refractivity (Wildman–Crippen MR) is 143 cm³/mol. The van der Waals surface area contributed by atoms with E-state index < -0.39 is 17.7 Å². The molecule has 6 heteroatoms. The number of benzene rings is 2. The highest BCUT2D eigenvalue weighted by Gasteiger charge is 2.28. The van der Waals surface area contributed by atoms with E-state index >= 15 is 0 Å². The number of aliphatic hydroxyl groups excluding tert-OH is 1. The van der Waals surface area contributed by atoms with Crippen LogP contribution in [0.3, 0.4) is 0 Å². The second kappa shape index (κ2) is 11.1. The highest BCUT2D eigenvalue weighted by Crippen LogP contribution is 2.39. The summed E-state index contributed by atoms with van der Waals surface area (Å²) in [5.41, 5.74) is 6.07. The van der Waals surface area contributed by atoms with Crippen molar-refractivity contribution in [1.82, 2.24) is 10.2 Å². The van der Waals surface area contributed by atoms with Crippen molar-refractivity contribution in [3.63, 3.8) is 0 Å². The molecular weight excluding hydrogens is 452 g/mol. The third-order valence-electron chi connectivity index (χ3n) is 6.51. The second-order valence-corrected chi connectivity index (χ2v) is 10.4. The summed E-state index contributed by atoms with van der Waals surface area (Å²) in [5.74, 6) is 0.00815. The number of ether oxygens (including phenoxy) is 1. The third kappa shape index (κ3) is 6.05. The minimum absolute atomic E-state index is 0.00815. The summed E-state index contributed by atoms with van der Waals surface area (Å²) >= 11 is 0. The number of fused-ring (bicyclic) bond motifs is 2. The molecule has 1 saturated heterocycles. The van der Waals surface area contributed by atoms with Gasteiger partial charge in [-0.1, -0.05) is 60.7 Å². The molecule has 190 valence electrons. The van der Waals surface area contributed by atoms with Gasteiger partial charge in [-0.25, -0.2) is 4.79 Å². The number of aliphatic hydroxyl groups is 1. The van der Waals surface area contributed by atoms with Crippen molar-refractivity contribution in [2.75, 3.05) is 13.2 Å². The van der Waals surface area contributed by atoms with Crippen LogP contribution in [0.1, 0.15) is 75.1 Å². The average molecular weight is 489 g/mol. The number of hydrogen-bond donors (Lipinski definition) is 2. The first kappa shape index (κ1) is 25.7. The lowest BCUT2D eigenvalue weighted by molar-refractivity contribution is -0.130. The number of hydrogen-bond acceptors (Lipinski definition) is 4. The Kier molecular flexibility index (Phi) is 7.94. The van der Waals surface area contributed by atoms with E-state index in [1.54, 1.807) is 20.8 Å². The average Bonchev–Trinajstić information content (AvgIpc) is 3.02. The van der Waals surface area contributed by atoms with Gasteiger partial charge in [-0.2, -0.15) is 0 Å². The quantitative estimate of drug-likeness (QED) is 0.489. The van der Waals surface area contributed by atoms with Gasteiger partial charge < -0.3 is 20.1 Å². The maximum atomic E-state index is 13.5. The van der Waals surface area contributed by atoms with Gasteiger partial charge in [-0.05, 0) is 68.7 Å². The lowest BCUT2D eigenvalue weighted by atomic mass is 9.88. The van der Waals surface area contributed by atoms with Crippen LogP contribution < -0.4 is 5.32 Å². The molecule has 1 atom stereocenters. The largest absolute Gasteiger partial charge is 0.444 e. The highest BCUT2D eigenvalue weighted by atomic mass is 16.6. The van der Waals surface area contributed by atoms with Crippen molar-refractivity contribution in [2.45, 2.75) is 64.5 Å². The van der Waals surface area contributed by atoms with Gasteiger partial charge in [0, 0.05) is 24.2 Å². The molecule has 0 aromatic heterocycles. The Labute approximate surface area is 213 Å². The van der Waals surface area contributed by atoms with Crippen LogP contribution >= 0.6 is 0 Å². The minimum Gasteiger partial charge on any atom is -0.444 e. The summed E-state index contributed by atoms with van der Waals surface area (Å²) in [6.07, 6.45) is 7.05. The Hall–Kier alpha value is -3.38. The molecule has 2 aromatic rings. The van der Waals surface area contributed by atoms with Crippen LogP contribution in [0.15, 0.2) is 54.2 Å². The minimum atomic E-state index is -0.630. The van der Waals surface area contributed by atoms with Gasteiger partial charge in [-0.3, -0.25) is 4.79 Å². The van der Waals surface area contributed by atoms with E-state index in [1.165, 1.54) is 0 Å². The van der Waals surface area contributed by atoms with Gasteiger partial charge >= 0.3 is 6.09 Å². The first-order valence-corrected chi connectivity index (χ1v) is 12.8. The van der Waals surface area contributed by atoms with Gasteiger partial charge in [0.15, 0.2) is 0 Å². The van der Waals surface area contributed by atoms with Crippen LogP contribution in [0.5, 0.6) is 0 Å². The lowest BCUT2D eigenvalue weighted by Gasteiger charge is -2.33. The number of nitrogens with zero attached hydrogens (tertiary/aromatic N) is 1. The maximum Gasteiger partial charge on any atom is 0.407 e. The summed E-state index contributed by atoms with van der Waals surface area (Å²) in [5, 5.41) is 12.5. The second-order valence-electron chi connectivity index (χ2n) is 10.4. The number of rotatable bonds is 5. The Bertz CT molecular complexity index is 1120. The molecule has 0 saturated carbocycles. The SMILES string of the molecule is CC(C)(C)OC(=O)NC(CO)CCC(=O)N1CCCCC1=C1c2ccccc2C=Cc2ccccc21. The van der Waals surface area contributed by atoms with E-state index in [-0.39, 0.29) is 18.9 Å². The number of carbonyl (C=O) groups excluding carboxylic acids is 2. The molecule has 0 radical (unpaired) electrons. The summed E-state index contributed by atoms with van der Waals surface area (Å²) in [7, 11) is 0.